The van der Waals surface area contributed by atoms with Crippen molar-refractivity contribution in [3.63, 3.8) is 0 Å². The molecule has 0 fully saturated rings. The molecule has 0 unspecified atom stereocenters. The van der Waals surface area contributed by atoms with Crippen molar-refractivity contribution in [1.82, 2.24) is 20.1 Å². The lowest BCUT2D eigenvalue weighted by Crippen LogP contribution is -2.21. The zero-order valence-electron chi connectivity index (χ0n) is 15.8. The van der Waals surface area contributed by atoms with E-state index in [1.807, 2.05) is 30.1 Å². The van der Waals surface area contributed by atoms with E-state index in [2.05, 4.69) is 40.0 Å². The second-order valence-electron chi connectivity index (χ2n) is 7.25. The van der Waals surface area contributed by atoms with Gasteiger partial charge < -0.3 is 14.2 Å². The van der Waals surface area contributed by atoms with E-state index in [1.54, 1.807) is 6.33 Å². The van der Waals surface area contributed by atoms with Crippen LogP contribution in [0.3, 0.4) is 0 Å². The largest absolute Gasteiger partial charge is 0.487 e. The van der Waals surface area contributed by atoms with Gasteiger partial charge in [-0.05, 0) is 17.5 Å². The highest BCUT2D eigenvalue weighted by Gasteiger charge is 2.21. The first-order valence-electron chi connectivity index (χ1n) is 9.16. The lowest BCUT2D eigenvalue weighted by Gasteiger charge is -2.20. The molecule has 0 atom stereocenters. The van der Waals surface area contributed by atoms with E-state index in [4.69, 9.17) is 9.26 Å². The summed E-state index contributed by atoms with van der Waals surface area (Å²) in [7, 11) is 1.98. The van der Waals surface area contributed by atoms with Gasteiger partial charge in [-0.1, -0.05) is 37.2 Å². The summed E-state index contributed by atoms with van der Waals surface area (Å²) in [6, 6.07) is 8.08. The van der Waals surface area contributed by atoms with E-state index in [0.29, 0.717) is 25.0 Å². The molecular formula is C20H23N5O2. The highest BCUT2D eigenvalue weighted by Crippen LogP contribution is 2.31. The van der Waals surface area contributed by atoms with Crippen LogP contribution in [0.1, 0.15) is 42.4 Å². The molecule has 3 heterocycles. The Balaban J connectivity index is 1.59. The minimum atomic E-state index is 0.439. The Morgan fingerprint density at radius 2 is 2.04 bits per heavy atom. The van der Waals surface area contributed by atoms with E-state index >= 15 is 0 Å². The predicted octanol–water partition coefficient (Wildman–Crippen LogP) is 3.18. The maximum atomic E-state index is 5.92. The Kier molecular flexibility index (Phi) is 4.75. The molecular weight excluding hydrogens is 342 g/mol. The van der Waals surface area contributed by atoms with Crippen LogP contribution in [0.4, 0.5) is 5.82 Å². The second-order valence-corrected chi connectivity index (χ2v) is 7.25. The monoisotopic (exact) mass is 365 g/mol. The summed E-state index contributed by atoms with van der Waals surface area (Å²) in [5.74, 6) is 3.59. The molecule has 1 aliphatic heterocycles. The molecule has 7 heteroatoms. The Morgan fingerprint density at radius 3 is 2.89 bits per heavy atom. The summed E-state index contributed by atoms with van der Waals surface area (Å²) in [5, 5.41) is 4.07. The van der Waals surface area contributed by atoms with E-state index in [0.717, 1.165) is 47.1 Å². The van der Waals surface area contributed by atoms with Crippen molar-refractivity contribution in [2.24, 2.45) is 5.92 Å². The number of para-hydroxylation sites is 1. The van der Waals surface area contributed by atoms with Gasteiger partial charge in [0.05, 0.1) is 12.2 Å². The number of benzene rings is 1. The van der Waals surface area contributed by atoms with Gasteiger partial charge in [0.15, 0.2) is 5.82 Å². The van der Waals surface area contributed by atoms with Gasteiger partial charge in [0.25, 0.3) is 0 Å². The highest BCUT2D eigenvalue weighted by atomic mass is 16.5. The van der Waals surface area contributed by atoms with Gasteiger partial charge in [0.1, 0.15) is 24.5 Å². The summed E-state index contributed by atoms with van der Waals surface area (Å²) in [5.41, 5.74) is 3.12. The van der Waals surface area contributed by atoms with Crippen molar-refractivity contribution in [2.45, 2.75) is 39.8 Å². The molecule has 140 valence electrons. The van der Waals surface area contributed by atoms with Gasteiger partial charge in [0, 0.05) is 25.5 Å². The van der Waals surface area contributed by atoms with Crippen LogP contribution in [0.25, 0.3) is 0 Å². The Bertz CT molecular complexity index is 938. The van der Waals surface area contributed by atoms with Crippen molar-refractivity contribution in [3.8, 4) is 5.75 Å². The fourth-order valence-electron chi connectivity index (χ4n) is 3.28. The van der Waals surface area contributed by atoms with Crippen molar-refractivity contribution in [1.29, 1.82) is 0 Å². The van der Waals surface area contributed by atoms with Gasteiger partial charge in [-0.3, -0.25) is 0 Å². The molecule has 2 aromatic heterocycles. The van der Waals surface area contributed by atoms with Crippen LogP contribution in [0.5, 0.6) is 5.75 Å². The first kappa shape index (κ1) is 17.5. The van der Waals surface area contributed by atoms with Crippen molar-refractivity contribution in [3.05, 3.63) is 59.1 Å². The summed E-state index contributed by atoms with van der Waals surface area (Å²) >= 11 is 0. The Hall–Kier alpha value is -2.96. The number of ether oxygens (including phenoxy) is 1. The molecule has 0 bridgehead atoms. The number of hydrogen-bond acceptors (Lipinski definition) is 7. The molecule has 0 saturated carbocycles. The Labute approximate surface area is 158 Å². The third-order valence-corrected chi connectivity index (χ3v) is 4.55. The van der Waals surface area contributed by atoms with Crippen molar-refractivity contribution >= 4 is 5.82 Å². The third kappa shape index (κ3) is 3.77. The fourth-order valence-corrected chi connectivity index (χ4v) is 3.28. The molecule has 3 aromatic rings. The van der Waals surface area contributed by atoms with Gasteiger partial charge in [-0.25, -0.2) is 9.97 Å². The van der Waals surface area contributed by atoms with E-state index in [1.165, 1.54) is 0 Å². The minimum Gasteiger partial charge on any atom is -0.487 e. The number of anilines is 1. The average molecular weight is 365 g/mol. The van der Waals surface area contributed by atoms with Crippen LogP contribution in [-0.4, -0.2) is 27.2 Å². The smallest absolute Gasteiger partial charge is 0.246 e. The second kappa shape index (κ2) is 7.34. The topological polar surface area (TPSA) is 77.2 Å². The van der Waals surface area contributed by atoms with Gasteiger partial charge in [0.2, 0.25) is 5.89 Å². The van der Waals surface area contributed by atoms with Gasteiger partial charge in [-0.2, -0.15) is 4.98 Å². The zero-order chi connectivity index (χ0) is 18.8. The lowest BCUT2D eigenvalue weighted by molar-refractivity contribution is 0.302. The van der Waals surface area contributed by atoms with Crippen molar-refractivity contribution < 1.29 is 9.26 Å². The molecule has 0 spiro atoms. The van der Waals surface area contributed by atoms with Crippen LogP contribution in [0.15, 0.2) is 35.1 Å². The summed E-state index contributed by atoms with van der Waals surface area (Å²) < 4.78 is 11.3. The van der Waals surface area contributed by atoms with E-state index < -0.39 is 0 Å². The van der Waals surface area contributed by atoms with Crippen molar-refractivity contribution in [2.75, 3.05) is 11.9 Å². The van der Waals surface area contributed by atoms with Gasteiger partial charge >= 0.3 is 0 Å². The molecule has 0 radical (unpaired) electrons. The van der Waals surface area contributed by atoms with E-state index in [-0.39, 0.29) is 0 Å². The predicted molar refractivity (Wildman–Crippen MR) is 101 cm³/mol. The van der Waals surface area contributed by atoms with Crippen LogP contribution in [-0.2, 0) is 26.0 Å². The fraction of sp³-hybridized carbons (Fsp3) is 0.400. The summed E-state index contributed by atoms with van der Waals surface area (Å²) in [4.78, 5) is 15.5. The molecule has 0 N–H and O–H groups in total. The lowest BCUT2D eigenvalue weighted by atomic mass is 10.0. The molecule has 1 aromatic carbocycles. The molecule has 0 aliphatic carbocycles. The summed E-state index contributed by atoms with van der Waals surface area (Å²) in [6.45, 7) is 5.21. The van der Waals surface area contributed by atoms with Crippen LogP contribution in [0.2, 0.25) is 0 Å². The van der Waals surface area contributed by atoms with Crippen LogP contribution < -0.4 is 9.64 Å². The molecule has 1 aliphatic rings. The summed E-state index contributed by atoms with van der Waals surface area (Å²) in [6.07, 6.45) is 3.13. The van der Waals surface area contributed by atoms with Gasteiger partial charge in [-0.15, -0.1) is 0 Å². The maximum absolute atomic E-state index is 5.92. The standard InChI is InChI=1S/C20H23N5O2/c1-13(2)8-18-23-19(27-24-18)10-25(3)20-15-9-14-6-4-5-7-17(14)26-11-16(15)21-12-22-20/h4-7,12-13H,8-11H2,1-3H3. The number of nitrogens with zero attached hydrogens (tertiary/aromatic N) is 5. The van der Waals surface area contributed by atoms with Crippen LogP contribution >= 0.6 is 0 Å². The number of aromatic nitrogens is 4. The molecule has 0 amide bonds. The third-order valence-electron chi connectivity index (χ3n) is 4.55. The highest BCUT2D eigenvalue weighted by molar-refractivity contribution is 5.52. The maximum Gasteiger partial charge on any atom is 0.246 e. The minimum absolute atomic E-state index is 0.439. The normalized spacial score (nSPS) is 12.9. The molecule has 27 heavy (non-hydrogen) atoms. The number of fused-ring (bicyclic) bond motifs is 2. The van der Waals surface area contributed by atoms with E-state index in [9.17, 15) is 0 Å². The van der Waals surface area contributed by atoms with Crippen LogP contribution in [0, 0.1) is 5.92 Å². The molecule has 0 saturated heterocycles. The average Bonchev–Trinajstić information content (AvgIpc) is 2.98. The SMILES string of the molecule is CC(C)Cc1noc(CN(C)c2ncnc3c2Cc2ccccc2OC3)n1. The first-order valence-corrected chi connectivity index (χ1v) is 9.16. The number of hydrogen-bond donors (Lipinski definition) is 0. The Morgan fingerprint density at radius 1 is 1.19 bits per heavy atom. The molecule has 7 nitrogen and oxygen atoms in total. The quantitative estimate of drug-likeness (QED) is 0.687. The number of rotatable bonds is 5. The zero-order valence-corrected chi connectivity index (χ0v) is 15.8. The molecule has 4 rings (SSSR count). The first-order chi connectivity index (χ1) is 13.1.